The molecular formula is C15H10Br2N2O2. The summed E-state index contributed by atoms with van der Waals surface area (Å²) in [7, 11) is 0. The number of halogens is 2. The molecule has 4 rings (SSSR count). The smallest absolute Gasteiger partial charge is 0.246 e. The van der Waals surface area contributed by atoms with Crippen molar-refractivity contribution in [2.24, 2.45) is 0 Å². The summed E-state index contributed by atoms with van der Waals surface area (Å²) in [6, 6.07) is 3.96. The first-order valence-corrected chi connectivity index (χ1v) is 7.98. The summed E-state index contributed by atoms with van der Waals surface area (Å²) in [5.41, 5.74) is 1.61. The molecule has 0 unspecified atom stereocenters. The maximum absolute atomic E-state index is 5.98. The van der Waals surface area contributed by atoms with Crippen LogP contribution in [0.4, 0.5) is 0 Å². The first-order valence-electron chi connectivity index (χ1n) is 6.39. The summed E-state index contributed by atoms with van der Waals surface area (Å²) in [5.74, 6) is 0.737. The van der Waals surface area contributed by atoms with Gasteiger partial charge in [0.05, 0.1) is 0 Å². The van der Waals surface area contributed by atoms with Crippen molar-refractivity contribution in [2.45, 2.75) is 19.6 Å². The molecule has 0 radical (unpaired) electrons. The van der Waals surface area contributed by atoms with Crippen molar-refractivity contribution in [3.05, 3.63) is 33.5 Å². The third kappa shape index (κ3) is 2.00. The molecule has 3 heterocycles. The molecule has 106 valence electrons. The number of pyridine rings is 2. The van der Waals surface area contributed by atoms with Crippen LogP contribution in [0.1, 0.15) is 13.8 Å². The van der Waals surface area contributed by atoms with Crippen molar-refractivity contribution in [3.8, 4) is 11.5 Å². The lowest BCUT2D eigenvalue weighted by atomic mass is 10.1. The van der Waals surface area contributed by atoms with Crippen LogP contribution in [0.3, 0.4) is 0 Å². The Balaban J connectivity index is 2.23. The van der Waals surface area contributed by atoms with Gasteiger partial charge in [-0.1, -0.05) is 0 Å². The maximum atomic E-state index is 5.98. The Morgan fingerprint density at radius 1 is 0.857 bits per heavy atom. The Labute approximate surface area is 137 Å². The molecule has 0 spiro atoms. The van der Waals surface area contributed by atoms with Gasteiger partial charge in [-0.15, -0.1) is 0 Å². The fraction of sp³-hybridized carbons (Fsp3) is 0.200. The molecule has 6 heteroatoms. The van der Waals surface area contributed by atoms with E-state index < -0.39 is 5.79 Å². The number of aromatic nitrogens is 2. The van der Waals surface area contributed by atoms with Gasteiger partial charge in [-0.3, -0.25) is 9.97 Å². The van der Waals surface area contributed by atoms with Crippen LogP contribution < -0.4 is 9.47 Å². The van der Waals surface area contributed by atoms with Gasteiger partial charge in [0.2, 0.25) is 5.79 Å². The molecule has 4 nitrogen and oxygen atoms in total. The Morgan fingerprint density at radius 3 is 1.71 bits per heavy atom. The number of ether oxygens (including phenoxy) is 2. The second kappa shape index (κ2) is 4.30. The van der Waals surface area contributed by atoms with Crippen LogP contribution in [0.25, 0.3) is 21.8 Å². The van der Waals surface area contributed by atoms with E-state index in [1.54, 1.807) is 12.4 Å². The summed E-state index contributed by atoms with van der Waals surface area (Å²) < 4.78 is 13.8. The molecule has 2 aromatic heterocycles. The van der Waals surface area contributed by atoms with Crippen LogP contribution in [0, 0.1) is 0 Å². The molecule has 0 bridgehead atoms. The second-order valence-electron chi connectivity index (χ2n) is 5.36. The number of fused-ring (bicyclic) bond motifs is 6. The van der Waals surface area contributed by atoms with E-state index in [2.05, 4.69) is 41.8 Å². The molecule has 0 atom stereocenters. The SMILES string of the molecule is CC1(C)Oc2c(c3cc(Br)cnc3c3ncc(Br)cc23)O1. The fourth-order valence-corrected chi connectivity index (χ4v) is 3.22. The molecule has 0 amide bonds. The molecule has 1 aliphatic rings. The first-order chi connectivity index (χ1) is 9.94. The molecular weight excluding hydrogens is 400 g/mol. The van der Waals surface area contributed by atoms with E-state index in [0.717, 1.165) is 42.3 Å². The number of hydrogen-bond donors (Lipinski definition) is 0. The molecule has 0 fully saturated rings. The molecule has 1 aliphatic heterocycles. The molecule has 3 aromatic rings. The van der Waals surface area contributed by atoms with Crippen LogP contribution >= 0.6 is 31.9 Å². The maximum Gasteiger partial charge on any atom is 0.246 e. The first kappa shape index (κ1) is 13.3. The number of nitrogens with zero attached hydrogens (tertiary/aromatic N) is 2. The van der Waals surface area contributed by atoms with Crippen molar-refractivity contribution in [3.63, 3.8) is 0 Å². The predicted octanol–water partition coefficient (Wildman–Crippen LogP) is 4.82. The largest absolute Gasteiger partial charge is 0.448 e. The van der Waals surface area contributed by atoms with Crippen molar-refractivity contribution in [1.82, 2.24) is 9.97 Å². The van der Waals surface area contributed by atoms with Gasteiger partial charge in [0, 0.05) is 46.0 Å². The van der Waals surface area contributed by atoms with Crippen LogP contribution in [0.5, 0.6) is 11.5 Å². The quantitative estimate of drug-likeness (QED) is 0.499. The van der Waals surface area contributed by atoms with Crippen LogP contribution in [0.2, 0.25) is 0 Å². The van der Waals surface area contributed by atoms with Crippen molar-refractivity contribution >= 4 is 53.7 Å². The second-order valence-corrected chi connectivity index (χ2v) is 7.19. The molecule has 0 saturated heterocycles. The molecule has 0 N–H and O–H groups in total. The number of benzene rings is 1. The molecule has 0 saturated carbocycles. The summed E-state index contributed by atoms with van der Waals surface area (Å²) in [4.78, 5) is 9.01. The summed E-state index contributed by atoms with van der Waals surface area (Å²) in [6.45, 7) is 3.78. The Hall–Kier alpha value is -1.40. The predicted molar refractivity (Wildman–Crippen MR) is 87.8 cm³/mol. The highest BCUT2D eigenvalue weighted by atomic mass is 79.9. The van der Waals surface area contributed by atoms with E-state index >= 15 is 0 Å². The third-order valence-electron chi connectivity index (χ3n) is 3.32. The van der Waals surface area contributed by atoms with Crippen LogP contribution in [0.15, 0.2) is 33.5 Å². The average Bonchev–Trinajstić information content (AvgIpc) is 2.75. The minimum atomic E-state index is -0.700. The number of hydrogen-bond acceptors (Lipinski definition) is 4. The standard InChI is InChI=1S/C15H10Br2N2O2/c1-15(2)20-13-9-3-7(16)5-18-11(9)12-10(14(13)21-15)4-8(17)6-19-12/h3-6H,1-2H3. The molecule has 21 heavy (non-hydrogen) atoms. The lowest BCUT2D eigenvalue weighted by Crippen LogP contribution is -2.29. The highest BCUT2D eigenvalue weighted by molar-refractivity contribution is 9.10. The zero-order valence-electron chi connectivity index (χ0n) is 11.3. The van der Waals surface area contributed by atoms with Crippen molar-refractivity contribution in [1.29, 1.82) is 0 Å². The van der Waals surface area contributed by atoms with E-state index in [4.69, 9.17) is 9.47 Å². The van der Waals surface area contributed by atoms with Gasteiger partial charge in [-0.2, -0.15) is 0 Å². The van der Waals surface area contributed by atoms with Gasteiger partial charge in [-0.05, 0) is 44.0 Å². The van der Waals surface area contributed by atoms with Crippen LogP contribution in [-0.2, 0) is 0 Å². The van der Waals surface area contributed by atoms with Gasteiger partial charge in [0.15, 0.2) is 11.5 Å². The van der Waals surface area contributed by atoms with E-state index in [1.165, 1.54) is 0 Å². The molecule has 0 aliphatic carbocycles. The van der Waals surface area contributed by atoms with Crippen molar-refractivity contribution < 1.29 is 9.47 Å². The van der Waals surface area contributed by atoms with Gasteiger partial charge in [0.1, 0.15) is 11.0 Å². The fourth-order valence-electron chi connectivity index (χ4n) is 2.56. The lowest BCUT2D eigenvalue weighted by Gasteiger charge is -2.16. The zero-order chi connectivity index (χ0) is 14.8. The minimum Gasteiger partial charge on any atom is -0.448 e. The van der Waals surface area contributed by atoms with E-state index in [0.29, 0.717) is 0 Å². The molecule has 1 aromatic carbocycles. The van der Waals surface area contributed by atoms with Crippen LogP contribution in [-0.4, -0.2) is 15.8 Å². The summed E-state index contributed by atoms with van der Waals surface area (Å²) in [5, 5.41) is 1.79. The van der Waals surface area contributed by atoms with Gasteiger partial charge < -0.3 is 9.47 Å². The lowest BCUT2D eigenvalue weighted by molar-refractivity contribution is -0.0420. The summed E-state index contributed by atoms with van der Waals surface area (Å²) in [6.07, 6.45) is 3.53. The van der Waals surface area contributed by atoms with E-state index in [-0.39, 0.29) is 0 Å². The summed E-state index contributed by atoms with van der Waals surface area (Å²) >= 11 is 6.92. The zero-order valence-corrected chi connectivity index (χ0v) is 14.4. The van der Waals surface area contributed by atoms with Gasteiger partial charge in [-0.25, -0.2) is 0 Å². The highest BCUT2D eigenvalue weighted by Gasteiger charge is 2.35. The third-order valence-corrected chi connectivity index (χ3v) is 4.19. The number of rotatable bonds is 0. The topological polar surface area (TPSA) is 44.2 Å². The Kier molecular flexibility index (Phi) is 2.72. The van der Waals surface area contributed by atoms with E-state index in [1.807, 2.05) is 26.0 Å². The monoisotopic (exact) mass is 408 g/mol. The minimum absolute atomic E-state index is 0.700. The Bertz CT molecular complexity index is 836. The van der Waals surface area contributed by atoms with Crippen molar-refractivity contribution in [2.75, 3.05) is 0 Å². The van der Waals surface area contributed by atoms with Gasteiger partial charge >= 0.3 is 0 Å². The highest BCUT2D eigenvalue weighted by Crippen LogP contribution is 2.49. The normalized spacial score (nSPS) is 15.8. The Morgan fingerprint density at radius 2 is 1.29 bits per heavy atom. The van der Waals surface area contributed by atoms with Gasteiger partial charge in [0.25, 0.3) is 0 Å². The van der Waals surface area contributed by atoms with E-state index in [9.17, 15) is 0 Å². The average molecular weight is 410 g/mol.